The van der Waals surface area contributed by atoms with Crippen LogP contribution >= 0.6 is 22.9 Å². The smallest absolute Gasteiger partial charge is 0.261 e. The Morgan fingerprint density at radius 2 is 2.00 bits per heavy atom. The number of amides is 1. The molecule has 0 spiro atoms. The highest BCUT2D eigenvalue weighted by Crippen LogP contribution is 2.25. The number of nitrogen functional groups attached to an aromatic ring is 1. The van der Waals surface area contributed by atoms with Gasteiger partial charge in [-0.15, -0.1) is 11.3 Å². The Labute approximate surface area is 204 Å². The van der Waals surface area contributed by atoms with Crippen molar-refractivity contribution in [3.63, 3.8) is 0 Å². The predicted molar refractivity (Wildman–Crippen MR) is 139 cm³/mol. The summed E-state index contributed by atoms with van der Waals surface area (Å²) in [6.07, 6.45) is 1.07. The zero-order valence-electron chi connectivity index (χ0n) is 19.5. The third kappa shape index (κ3) is 7.44. The number of hydrogen-bond acceptors (Lipinski definition) is 6. The molecule has 1 unspecified atom stereocenters. The van der Waals surface area contributed by atoms with Crippen LogP contribution < -0.4 is 11.1 Å². The molecule has 6 nitrogen and oxygen atoms in total. The predicted octanol–water partition coefficient (Wildman–Crippen LogP) is 4.39. The van der Waals surface area contributed by atoms with Crippen molar-refractivity contribution >= 4 is 45.4 Å². The second-order valence-corrected chi connectivity index (χ2v) is 8.40. The monoisotopic (exact) mass is 486 g/mol. The number of thiophene rings is 1. The van der Waals surface area contributed by atoms with Gasteiger partial charge in [-0.05, 0) is 31.3 Å². The average Bonchev–Trinajstić information content (AvgIpc) is 3.30. The molecule has 0 saturated carbocycles. The number of pyridine rings is 1. The van der Waals surface area contributed by atoms with Crippen LogP contribution in [0.4, 0.5) is 5.82 Å². The van der Waals surface area contributed by atoms with Gasteiger partial charge in [-0.2, -0.15) is 0 Å². The lowest BCUT2D eigenvalue weighted by Crippen LogP contribution is -2.39. The van der Waals surface area contributed by atoms with Gasteiger partial charge in [0.25, 0.3) is 5.91 Å². The van der Waals surface area contributed by atoms with Crippen LogP contribution in [0.3, 0.4) is 0 Å². The molecule has 3 aromatic rings. The largest absolute Gasteiger partial charge is 0.390 e. The number of rotatable bonds is 7. The lowest BCUT2D eigenvalue weighted by atomic mass is 10.1. The van der Waals surface area contributed by atoms with Crippen LogP contribution in [0, 0.1) is 11.8 Å². The van der Waals surface area contributed by atoms with Crippen LogP contribution in [-0.2, 0) is 0 Å². The number of aliphatic hydroxyl groups is 1. The molecule has 0 radical (unpaired) electrons. The summed E-state index contributed by atoms with van der Waals surface area (Å²) in [6, 6.07) is 7.21. The maximum atomic E-state index is 12.4. The number of carbonyl (C=O) groups excluding carboxylic acids is 1. The van der Waals surface area contributed by atoms with E-state index in [1.165, 1.54) is 11.3 Å². The number of hydrogen-bond donors (Lipinski definition) is 3. The van der Waals surface area contributed by atoms with E-state index >= 15 is 0 Å². The van der Waals surface area contributed by atoms with E-state index in [2.05, 4.69) is 27.0 Å². The van der Waals surface area contributed by atoms with Crippen LogP contribution in [-0.4, -0.2) is 53.2 Å². The quantitative estimate of drug-likeness (QED) is 0.431. The fourth-order valence-electron chi connectivity index (χ4n) is 3.13. The zero-order chi connectivity index (χ0) is 24.4. The van der Waals surface area contributed by atoms with E-state index in [9.17, 15) is 9.90 Å². The van der Waals surface area contributed by atoms with Gasteiger partial charge in [0.1, 0.15) is 5.82 Å². The molecule has 0 aliphatic carbocycles. The highest BCUT2D eigenvalue weighted by atomic mass is 35.5. The molecule has 0 aliphatic heterocycles. The Morgan fingerprint density at radius 1 is 1.27 bits per heavy atom. The molecule has 2 aromatic heterocycles. The summed E-state index contributed by atoms with van der Waals surface area (Å²) in [5.41, 5.74) is 7.35. The van der Waals surface area contributed by atoms with Gasteiger partial charge >= 0.3 is 0 Å². The van der Waals surface area contributed by atoms with Crippen LogP contribution in [0.15, 0.2) is 35.8 Å². The first-order valence-corrected chi connectivity index (χ1v) is 12.3. The molecule has 176 valence electrons. The summed E-state index contributed by atoms with van der Waals surface area (Å²) in [7, 11) is 0. The van der Waals surface area contributed by atoms with E-state index in [1.54, 1.807) is 18.3 Å². The Kier molecular flexibility index (Phi) is 10.6. The third-order valence-corrected chi connectivity index (χ3v) is 6.06. The van der Waals surface area contributed by atoms with E-state index in [0.29, 0.717) is 33.4 Å². The second kappa shape index (κ2) is 13.2. The minimum Gasteiger partial charge on any atom is -0.390 e. The molecule has 0 saturated heterocycles. The van der Waals surface area contributed by atoms with Crippen molar-refractivity contribution in [3.8, 4) is 11.8 Å². The molecule has 1 atom stereocenters. The van der Waals surface area contributed by atoms with E-state index < -0.39 is 6.10 Å². The first-order valence-electron chi connectivity index (χ1n) is 11.0. The average molecular weight is 487 g/mol. The number of carbonyl (C=O) groups is 1. The standard InChI is InChI=1S/C23H25ClN4O2S.C2H6/c1-3-28(4-2)13-18(29)12-27-23(30)21-9-15(14-31-21)5-8-19-20-10-17(24)7-6-16(20)11-26-22(19)25;1-2/h6-7,9-11,14,18,29H,3-4,12-13H2,1-2H3,(H2,25,26)(H,27,30);1-2H3. The van der Waals surface area contributed by atoms with E-state index in [0.717, 1.165) is 23.9 Å². The zero-order valence-corrected chi connectivity index (χ0v) is 21.1. The fourth-order valence-corrected chi connectivity index (χ4v) is 4.06. The minimum atomic E-state index is -0.614. The lowest BCUT2D eigenvalue weighted by molar-refractivity contribution is 0.0873. The molecule has 2 heterocycles. The first-order chi connectivity index (χ1) is 15.9. The number of nitrogens with one attached hydrogen (secondary N) is 1. The van der Waals surface area contributed by atoms with Gasteiger partial charge in [0, 0.05) is 46.0 Å². The highest BCUT2D eigenvalue weighted by molar-refractivity contribution is 7.12. The molecule has 4 N–H and O–H groups in total. The van der Waals surface area contributed by atoms with Gasteiger partial charge in [-0.3, -0.25) is 4.79 Å². The molecule has 8 heteroatoms. The van der Waals surface area contributed by atoms with Crippen LogP contribution in [0.2, 0.25) is 5.02 Å². The number of likely N-dealkylation sites (N-methyl/N-ethyl adjacent to an activating group) is 1. The number of fused-ring (bicyclic) bond motifs is 1. The maximum absolute atomic E-state index is 12.4. The molecule has 0 fully saturated rings. The van der Waals surface area contributed by atoms with Crippen molar-refractivity contribution in [2.75, 3.05) is 31.9 Å². The normalized spacial score (nSPS) is 11.4. The Hall–Kier alpha value is -2.63. The summed E-state index contributed by atoms with van der Waals surface area (Å²) < 4.78 is 0. The number of benzene rings is 1. The lowest BCUT2D eigenvalue weighted by Gasteiger charge is -2.21. The Bertz CT molecular complexity index is 1130. The van der Waals surface area contributed by atoms with Gasteiger partial charge in [0.05, 0.1) is 16.5 Å². The fraction of sp³-hybridized carbons (Fsp3) is 0.360. The minimum absolute atomic E-state index is 0.202. The summed E-state index contributed by atoms with van der Waals surface area (Å²) in [5.74, 6) is 6.23. The number of aliphatic hydroxyl groups excluding tert-OH is 1. The summed E-state index contributed by atoms with van der Waals surface area (Å²) >= 11 is 7.42. The van der Waals surface area contributed by atoms with Gasteiger partial charge in [-0.25, -0.2) is 4.98 Å². The summed E-state index contributed by atoms with van der Waals surface area (Å²) in [5, 5.41) is 17.1. The van der Waals surface area contributed by atoms with Crippen molar-refractivity contribution in [2.24, 2.45) is 0 Å². The SMILES string of the molecule is CC.CCN(CC)CC(O)CNC(=O)c1cc(C#Cc2c(N)ncc3ccc(Cl)cc23)cs1. The Balaban J connectivity index is 0.00000187. The Morgan fingerprint density at radius 3 is 2.70 bits per heavy atom. The van der Waals surface area contributed by atoms with Gasteiger partial charge in [-0.1, -0.05) is 57.2 Å². The van der Waals surface area contributed by atoms with E-state index in [1.807, 2.05) is 45.2 Å². The molecular weight excluding hydrogens is 456 g/mol. The maximum Gasteiger partial charge on any atom is 0.261 e. The van der Waals surface area contributed by atoms with Crippen molar-refractivity contribution in [1.82, 2.24) is 15.2 Å². The number of anilines is 1. The van der Waals surface area contributed by atoms with Crippen molar-refractivity contribution < 1.29 is 9.90 Å². The van der Waals surface area contributed by atoms with Crippen LogP contribution in [0.1, 0.15) is 48.5 Å². The van der Waals surface area contributed by atoms with Crippen molar-refractivity contribution in [3.05, 3.63) is 56.9 Å². The van der Waals surface area contributed by atoms with Crippen LogP contribution in [0.25, 0.3) is 10.8 Å². The molecule has 0 bridgehead atoms. The van der Waals surface area contributed by atoms with E-state index in [-0.39, 0.29) is 12.5 Å². The molecule has 3 rings (SSSR count). The van der Waals surface area contributed by atoms with Gasteiger partial charge < -0.3 is 21.1 Å². The third-order valence-electron chi connectivity index (χ3n) is 4.90. The molecule has 0 aliphatic rings. The molecular formula is C25H31ClN4O2S. The number of nitrogens with zero attached hydrogens (tertiary/aromatic N) is 2. The topological polar surface area (TPSA) is 91.5 Å². The highest BCUT2D eigenvalue weighted by Gasteiger charge is 2.13. The van der Waals surface area contributed by atoms with E-state index in [4.69, 9.17) is 17.3 Å². The molecule has 33 heavy (non-hydrogen) atoms. The first kappa shape index (κ1) is 26.6. The molecule has 1 amide bonds. The summed E-state index contributed by atoms with van der Waals surface area (Å²) in [4.78, 5) is 19.3. The van der Waals surface area contributed by atoms with Gasteiger partial charge in [0.15, 0.2) is 0 Å². The molecule has 1 aromatic carbocycles. The van der Waals surface area contributed by atoms with Crippen molar-refractivity contribution in [1.29, 1.82) is 0 Å². The number of aromatic nitrogens is 1. The number of nitrogens with two attached hydrogens (primary N) is 1. The van der Waals surface area contributed by atoms with Crippen molar-refractivity contribution in [2.45, 2.75) is 33.8 Å². The van der Waals surface area contributed by atoms with Crippen LogP contribution in [0.5, 0.6) is 0 Å². The summed E-state index contributed by atoms with van der Waals surface area (Å²) in [6.45, 7) is 10.5. The van der Waals surface area contributed by atoms with Gasteiger partial charge in [0.2, 0.25) is 0 Å². The second-order valence-electron chi connectivity index (χ2n) is 7.05. The number of halogens is 1.